The predicted octanol–water partition coefficient (Wildman–Crippen LogP) is 0.918. The first-order valence-corrected chi connectivity index (χ1v) is 9.40. The highest BCUT2D eigenvalue weighted by molar-refractivity contribution is 7.89. The molecule has 4 N–H and O–H groups in total. The number of aromatic nitrogens is 2. The molecule has 0 aliphatic heterocycles. The van der Waals surface area contributed by atoms with E-state index in [-0.39, 0.29) is 16.5 Å². The Labute approximate surface area is 146 Å². The fourth-order valence-corrected chi connectivity index (χ4v) is 2.56. The summed E-state index contributed by atoms with van der Waals surface area (Å²) in [7, 11) is -3.67. The van der Waals surface area contributed by atoms with Crippen molar-refractivity contribution in [3.63, 3.8) is 0 Å². The largest absolute Gasteiger partial charge is 0.368 e. The molecule has 1 aromatic heterocycles. The molecule has 0 unspecified atom stereocenters. The zero-order valence-corrected chi connectivity index (χ0v) is 14.7. The first-order chi connectivity index (χ1) is 11.9. The Hall–Kier alpha value is -2.52. The van der Waals surface area contributed by atoms with Crippen molar-refractivity contribution in [1.29, 1.82) is 0 Å². The van der Waals surface area contributed by atoms with Crippen molar-refractivity contribution in [3.8, 4) is 0 Å². The molecular weight excluding hydrogens is 342 g/mol. The normalized spacial score (nSPS) is 11.1. The highest BCUT2D eigenvalue weighted by atomic mass is 32.2. The lowest BCUT2D eigenvalue weighted by molar-refractivity contribution is 0.0948. The minimum Gasteiger partial charge on any atom is -0.368 e. The number of nitrogens with one attached hydrogen (secondary N) is 2. The van der Waals surface area contributed by atoms with E-state index in [1.165, 1.54) is 24.5 Å². The lowest BCUT2D eigenvalue weighted by Gasteiger charge is -2.07. The number of hydrogen-bond donors (Lipinski definition) is 3. The fourth-order valence-electron chi connectivity index (χ4n) is 2.05. The quantitative estimate of drug-likeness (QED) is 0.640. The SMILES string of the molecule is CCCNC(=O)c1cnc(NCCc2ccc(S(N)(=O)=O)cc2)cn1. The van der Waals surface area contributed by atoms with E-state index in [4.69, 9.17) is 5.14 Å². The maximum Gasteiger partial charge on any atom is 0.271 e. The number of nitrogens with zero attached hydrogens (tertiary/aromatic N) is 2. The summed E-state index contributed by atoms with van der Waals surface area (Å²) in [4.78, 5) is 20.0. The number of benzene rings is 1. The van der Waals surface area contributed by atoms with Gasteiger partial charge in [-0.15, -0.1) is 0 Å². The monoisotopic (exact) mass is 363 g/mol. The van der Waals surface area contributed by atoms with Gasteiger partial charge in [0, 0.05) is 13.1 Å². The van der Waals surface area contributed by atoms with Crippen molar-refractivity contribution in [2.24, 2.45) is 5.14 Å². The Morgan fingerprint density at radius 3 is 2.40 bits per heavy atom. The first-order valence-electron chi connectivity index (χ1n) is 7.86. The van der Waals surface area contributed by atoms with Crippen LogP contribution in [0.4, 0.5) is 5.82 Å². The second-order valence-corrected chi connectivity index (χ2v) is 6.97. The highest BCUT2D eigenvalue weighted by Gasteiger charge is 2.08. The van der Waals surface area contributed by atoms with Gasteiger partial charge >= 0.3 is 0 Å². The molecule has 0 saturated carbocycles. The van der Waals surface area contributed by atoms with Crippen molar-refractivity contribution >= 4 is 21.7 Å². The second kappa shape index (κ2) is 8.54. The van der Waals surface area contributed by atoms with E-state index in [2.05, 4.69) is 20.6 Å². The van der Waals surface area contributed by atoms with Gasteiger partial charge < -0.3 is 10.6 Å². The summed E-state index contributed by atoms with van der Waals surface area (Å²) in [5, 5.41) is 10.9. The van der Waals surface area contributed by atoms with E-state index in [0.29, 0.717) is 25.3 Å². The summed E-state index contributed by atoms with van der Waals surface area (Å²) in [5.74, 6) is 0.323. The summed E-state index contributed by atoms with van der Waals surface area (Å²) in [6, 6.07) is 6.39. The minimum absolute atomic E-state index is 0.0898. The van der Waals surface area contributed by atoms with Gasteiger partial charge in [-0.25, -0.2) is 23.5 Å². The van der Waals surface area contributed by atoms with E-state index < -0.39 is 10.0 Å². The molecule has 0 saturated heterocycles. The van der Waals surface area contributed by atoms with Gasteiger partial charge in [-0.2, -0.15) is 0 Å². The molecule has 0 aliphatic carbocycles. The Morgan fingerprint density at radius 1 is 1.12 bits per heavy atom. The summed E-state index contributed by atoms with van der Waals surface area (Å²) in [6.45, 7) is 3.16. The van der Waals surface area contributed by atoms with Crippen LogP contribution in [0.3, 0.4) is 0 Å². The molecule has 1 amide bonds. The fraction of sp³-hybridized carbons (Fsp3) is 0.312. The van der Waals surface area contributed by atoms with E-state index in [0.717, 1.165) is 12.0 Å². The van der Waals surface area contributed by atoms with Gasteiger partial charge in [-0.05, 0) is 30.5 Å². The van der Waals surface area contributed by atoms with Crippen LogP contribution in [0.2, 0.25) is 0 Å². The van der Waals surface area contributed by atoms with Crippen molar-refractivity contribution < 1.29 is 13.2 Å². The molecular formula is C16H21N5O3S. The second-order valence-electron chi connectivity index (χ2n) is 5.41. The third-order valence-corrected chi connectivity index (χ3v) is 4.32. The molecule has 0 bridgehead atoms. The van der Waals surface area contributed by atoms with E-state index in [9.17, 15) is 13.2 Å². The zero-order chi connectivity index (χ0) is 18.3. The summed E-state index contributed by atoms with van der Waals surface area (Å²) < 4.78 is 22.4. The molecule has 0 spiro atoms. The first kappa shape index (κ1) is 18.8. The Bertz CT molecular complexity index is 805. The lowest BCUT2D eigenvalue weighted by atomic mass is 10.1. The Morgan fingerprint density at radius 2 is 1.84 bits per heavy atom. The van der Waals surface area contributed by atoms with Crippen LogP contribution >= 0.6 is 0 Å². The van der Waals surface area contributed by atoms with Crippen LogP contribution in [0.15, 0.2) is 41.6 Å². The maximum atomic E-state index is 11.7. The standard InChI is InChI=1S/C16H21N5O3S/c1-2-8-19-16(22)14-10-21-15(11-20-14)18-9-7-12-3-5-13(6-4-12)25(17,23)24/h3-6,10-11H,2,7-9H2,1H3,(H,18,21)(H,19,22)(H2,17,23,24). The summed E-state index contributed by atoms with van der Waals surface area (Å²) in [6.07, 6.45) is 4.46. The van der Waals surface area contributed by atoms with Crippen molar-refractivity contribution in [2.45, 2.75) is 24.7 Å². The maximum absolute atomic E-state index is 11.7. The number of anilines is 1. The molecule has 134 valence electrons. The van der Waals surface area contributed by atoms with Gasteiger partial charge in [0.05, 0.1) is 17.3 Å². The number of nitrogens with two attached hydrogens (primary N) is 1. The molecule has 25 heavy (non-hydrogen) atoms. The van der Waals surface area contributed by atoms with Gasteiger partial charge in [-0.1, -0.05) is 19.1 Å². The lowest BCUT2D eigenvalue weighted by Crippen LogP contribution is -2.25. The number of hydrogen-bond acceptors (Lipinski definition) is 6. The molecule has 0 atom stereocenters. The molecule has 1 aromatic carbocycles. The summed E-state index contributed by atoms with van der Waals surface area (Å²) >= 11 is 0. The smallest absolute Gasteiger partial charge is 0.271 e. The number of rotatable bonds is 8. The third-order valence-electron chi connectivity index (χ3n) is 3.39. The molecule has 0 radical (unpaired) electrons. The number of sulfonamides is 1. The Balaban J connectivity index is 1.84. The van der Waals surface area contributed by atoms with Gasteiger partial charge in [0.15, 0.2) is 0 Å². The van der Waals surface area contributed by atoms with Crippen molar-refractivity contribution in [3.05, 3.63) is 47.9 Å². The highest BCUT2D eigenvalue weighted by Crippen LogP contribution is 2.09. The van der Waals surface area contributed by atoms with E-state index in [1.807, 2.05) is 6.92 Å². The Kier molecular flexibility index (Phi) is 6.43. The van der Waals surface area contributed by atoms with Crippen LogP contribution in [-0.4, -0.2) is 37.4 Å². The van der Waals surface area contributed by atoms with Gasteiger partial charge in [0.25, 0.3) is 5.91 Å². The zero-order valence-electron chi connectivity index (χ0n) is 13.9. The average molecular weight is 363 g/mol. The van der Waals surface area contributed by atoms with Crippen molar-refractivity contribution in [1.82, 2.24) is 15.3 Å². The number of carbonyl (C=O) groups excluding carboxylic acids is 1. The van der Waals surface area contributed by atoms with Crippen LogP contribution in [0.1, 0.15) is 29.4 Å². The van der Waals surface area contributed by atoms with E-state index in [1.54, 1.807) is 12.1 Å². The summed E-state index contributed by atoms with van der Waals surface area (Å²) in [5.41, 5.74) is 1.24. The van der Waals surface area contributed by atoms with Crippen LogP contribution < -0.4 is 15.8 Å². The van der Waals surface area contributed by atoms with Gasteiger partial charge in [-0.3, -0.25) is 4.79 Å². The van der Waals surface area contributed by atoms with Gasteiger partial charge in [0.2, 0.25) is 10.0 Å². The molecule has 9 heteroatoms. The molecule has 8 nitrogen and oxygen atoms in total. The molecule has 2 aromatic rings. The third kappa shape index (κ3) is 5.80. The van der Waals surface area contributed by atoms with Crippen LogP contribution in [0, 0.1) is 0 Å². The minimum atomic E-state index is -3.67. The van der Waals surface area contributed by atoms with Crippen LogP contribution in [-0.2, 0) is 16.4 Å². The topological polar surface area (TPSA) is 127 Å². The van der Waals surface area contributed by atoms with Crippen molar-refractivity contribution in [2.75, 3.05) is 18.4 Å². The molecule has 1 heterocycles. The molecule has 0 aliphatic rings. The molecule has 2 rings (SSSR count). The van der Waals surface area contributed by atoms with Crippen LogP contribution in [0.5, 0.6) is 0 Å². The molecule has 0 fully saturated rings. The number of carbonyl (C=O) groups is 1. The van der Waals surface area contributed by atoms with Crippen LogP contribution in [0.25, 0.3) is 0 Å². The number of primary sulfonamides is 1. The van der Waals surface area contributed by atoms with E-state index >= 15 is 0 Å². The predicted molar refractivity (Wildman–Crippen MR) is 94.7 cm³/mol. The number of amides is 1. The van der Waals surface area contributed by atoms with Gasteiger partial charge in [0.1, 0.15) is 11.5 Å². The average Bonchev–Trinajstić information content (AvgIpc) is 2.60.